The monoisotopic (exact) mass is 335 g/mol. The Labute approximate surface area is 145 Å². The standard InChI is InChI=1S/C19H17N3OS/c1-13-6-9-15(10-7-13)24-18-11-8-14(12-21-18)19(23)22-17-5-3-2-4-16(17)20/h2-12H,20H2,1H3,(H,22,23). The molecule has 0 aliphatic carbocycles. The molecule has 0 bridgehead atoms. The number of aromatic nitrogens is 1. The Morgan fingerprint density at radius 2 is 1.79 bits per heavy atom. The van der Waals surface area contributed by atoms with Crippen molar-refractivity contribution in [1.29, 1.82) is 0 Å². The smallest absolute Gasteiger partial charge is 0.257 e. The summed E-state index contributed by atoms with van der Waals surface area (Å²) >= 11 is 1.56. The maximum Gasteiger partial charge on any atom is 0.257 e. The molecule has 3 rings (SSSR count). The quantitative estimate of drug-likeness (QED) is 0.695. The second-order valence-electron chi connectivity index (χ2n) is 5.34. The highest BCUT2D eigenvalue weighted by Gasteiger charge is 2.09. The van der Waals surface area contributed by atoms with Gasteiger partial charge in [-0.3, -0.25) is 4.79 Å². The second-order valence-corrected chi connectivity index (χ2v) is 6.44. The van der Waals surface area contributed by atoms with Crippen LogP contribution in [-0.4, -0.2) is 10.9 Å². The van der Waals surface area contributed by atoms with Crippen LogP contribution in [0.3, 0.4) is 0 Å². The van der Waals surface area contributed by atoms with Gasteiger partial charge in [-0.05, 0) is 43.3 Å². The van der Waals surface area contributed by atoms with Crippen LogP contribution in [0.1, 0.15) is 15.9 Å². The first-order valence-electron chi connectivity index (χ1n) is 7.48. The van der Waals surface area contributed by atoms with Gasteiger partial charge in [-0.25, -0.2) is 4.98 Å². The first-order valence-corrected chi connectivity index (χ1v) is 8.30. The topological polar surface area (TPSA) is 68.0 Å². The molecule has 2 aromatic carbocycles. The minimum absolute atomic E-state index is 0.229. The summed E-state index contributed by atoms with van der Waals surface area (Å²) in [6, 6.07) is 19.0. The molecular weight excluding hydrogens is 318 g/mol. The molecule has 1 amide bonds. The molecule has 0 saturated carbocycles. The molecule has 1 aromatic heterocycles. The van der Waals surface area contributed by atoms with Gasteiger partial charge in [0, 0.05) is 11.1 Å². The largest absolute Gasteiger partial charge is 0.397 e. The van der Waals surface area contributed by atoms with Crippen LogP contribution in [0.25, 0.3) is 0 Å². The number of carbonyl (C=O) groups is 1. The highest BCUT2D eigenvalue weighted by atomic mass is 32.2. The molecule has 3 aromatic rings. The van der Waals surface area contributed by atoms with Gasteiger partial charge in [0.15, 0.2) is 0 Å². The zero-order valence-corrected chi connectivity index (χ0v) is 14.0. The van der Waals surface area contributed by atoms with E-state index in [0.29, 0.717) is 16.9 Å². The Morgan fingerprint density at radius 1 is 1.04 bits per heavy atom. The third kappa shape index (κ3) is 3.94. The van der Waals surface area contributed by atoms with E-state index in [1.165, 1.54) is 5.56 Å². The number of hydrogen-bond acceptors (Lipinski definition) is 4. The van der Waals surface area contributed by atoms with E-state index in [2.05, 4.69) is 41.5 Å². The van der Waals surface area contributed by atoms with Crippen LogP contribution in [-0.2, 0) is 0 Å². The fraction of sp³-hybridized carbons (Fsp3) is 0.0526. The van der Waals surface area contributed by atoms with E-state index in [0.717, 1.165) is 9.92 Å². The lowest BCUT2D eigenvalue weighted by atomic mass is 10.2. The number of pyridine rings is 1. The molecule has 1 heterocycles. The van der Waals surface area contributed by atoms with Crippen molar-refractivity contribution in [2.45, 2.75) is 16.8 Å². The predicted molar refractivity (Wildman–Crippen MR) is 98.3 cm³/mol. The molecule has 0 aliphatic heterocycles. The molecule has 0 unspecified atom stereocenters. The van der Waals surface area contributed by atoms with Crippen molar-refractivity contribution >= 4 is 29.0 Å². The number of nitrogens with two attached hydrogens (primary N) is 1. The van der Waals surface area contributed by atoms with Gasteiger partial charge in [0.2, 0.25) is 0 Å². The number of carbonyl (C=O) groups excluding carboxylic acids is 1. The summed E-state index contributed by atoms with van der Waals surface area (Å²) in [5.41, 5.74) is 8.68. The van der Waals surface area contributed by atoms with Gasteiger partial charge in [0.05, 0.1) is 16.9 Å². The third-order valence-corrected chi connectivity index (χ3v) is 4.41. The normalized spacial score (nSPS) is 10.4. The fourth-order valence-electron chi connectivity index (χ4n) is 2.11. The highest BCUT2D eigenvalue weighted by Crippen LogP contribution is 2.26. The first-order chi connectivity index (χ1) is 11.6. The third-order valence-electron chi connectivity index (χ3n) is 3.45. The summed E-state index contributed by atoms with van der Waals surface area (Å²) in [6.07, 6.45) is 1.57. The minimum Gasteiger partial charge on any atom is -0.397 e. The Hall–Kier alpha value is -2.79. The molecule has 4 nitrogen and oxygen atoms in total. The van der Waals surface area contributed by atoms with E-state index in [4.69, 9.17) is 5.73 Å². The molecule has 5 heteroatoms. The van der Waals surface area contributed by atoms with Crippen molar-refractivity contribution in [3.63, 3.8) is 0 Å². The van der Waals surface area contributed by atoms with E-state index in [1.807, 2.05) is 18.2 Å². The number of nitrogens with zero attached hydrogens (tertiary/aromatic N) is 1. The van der Waals surface area contributed by atoms with E-state index >= 15 is 0 Å². The van der Waals surface area contributed by atoms with Crippen molar-refractivity contribution in [1.82, 2.24) is 4.98 Å². The summed E-state index contributed by atoms with van der Waals surface area (Å²) in [7, 11) is 0. The Bertz CT molecular complexity index is 845. The number of rotatable bonds is 4. The number of benzene rings is 2. The molecule has 0 fully saturated rings. The Morgan fingerprint density at radius 3 is 2.46 bits per heavy atom. The molecule has 120 valence electrons. The number of nitrogens with one attached hydrogen (secondary N) is 1. The van der Waals surface area contributed by atoms with Gasteiger partial charge in [-0.1, -0.05) is 41.6 Å². The summed E-state index contributed by atoms with van der Waals surface area (Å²) < 4.78 is 0. The van der Waals surface area contributed by atoms with E-state index < -0.39 is 0 Å². The maximum atomic E-state index is 12.3. The van der Waals surface area contributed by atoms with Gasteiger partial charge in [-0.2, -0.15) is 0 Å². The van der Waals surface area contributed by atoms with Gasteiger partial charge in [0.1, 0.15) is 5.03 Å². The average molecular weight is 335 g/mol. The molecule has 0 spiro atoms. The minimum atomic E-state index is -0.229. The molecule has 0 radical (unpaired) electrons. The summed E-state index contributed by atoms with van der Waals surface area (Å²) in [6.45, 7) is 2.06. The molecule has 0 atom stereocenters. The Kier molecular flexibility index (Phi) is 4.82. The number of hydrogen-bond donors (Lipinski definition) is 2. The van der Waals surface area contributed by atoms with Crippen LogP contribution in [0.4, 0.5) is 11.4 Å². The average Bonchev–Trinajstić information content (AvgIpc) is 2.59. The zero-order chi connectivity index (χ0) is 16.9. The van der Waals surface area contributed by atoms with Gasteiger partial charge in [0.25, 0.3) is 5.91 Å². The molecule has 0 aliphatic rings. The molecule has 24 heavy (non-hydrogen) atoms. The van der Waals surface area contributed by atoms with Crippen LogP contribution < -0.4 is 11.1 Å². The van der Waals surface area contributed by atoms with Crippen molar-refractivity contribution in [3.05, 3.63) is 78.0 Å². The van der Waals surface area contributed by atoms with E-state index in [-0.39, 0.29) is 5.91 Å². The van der Waals surface area contributed by atoms with Crippen LogP contribution in [0.2, 0.25) is 0 Å². The highest BCUT2D eigenvalue weighted by molar-refractivity contribution is 7.99. The van der Waals surface area contributed by atoms with E-state index in [9.17, 15) is 4.79 Å². The van der Waals surface area contributed by atoms with Crippen LogP contribution in [0.5, 0.6) is 0 Å². The predicted octanol–water partition coefficient (Wildman–Crippen LogP) is 4.38. The van der Waals surface area contributed by atoms with Gasteiger partial charge >= 0.3 is 0 Å². The summed E-state index contributed by atoms with van der Waals surface area (Å²) in [4.78, 5) is 17.7. The van der Waals surface area contributed by atoms with Crippen molar-refractivity contribution in [2.75, 3.05) is 11.1 Å². The fourth-order valence-corrected chi connectivity index (χ4v) is 2.86. The number of amides is 1. The van der Waals surface area contributed by atoms with Crippen molar-refractivity contribution in [3.8, 4) is 0 Å². The number of anilines is 2. The summed E-state index contributed by atoms with van der Waals surface area (Å²) in [5.74, 6) is -0.229. The number of para-hydroxylation sites is 2. The molecule has 0 saturated heterocycles. The van der Waals surface area contributed by atoms with Crippen molar-refractivity contribution < 1.29 is 4.79 Å². The van der Waals surface area contributed by atoms with E-state index in [1.54, 1.807) is 36.2 Å². The lowest BCUT2D eigenvalue weighted by Crippen LogP contribution is -2.13. The molecular formula is C19H17N3OS. The number of aryl methyl sites for hydroxylation is 1. The van der Waals surface area contributed by atoms with Crippen molar-refractivity contribution in [2.24, 2.45) is 0 Å². The number of nitrogen functional groups attached to an aromatic ring is 1. The van der Waals surface area contributed by atoms with Gasteiger partial charge < -0.3 is 11.1 Å². The molecule has 3 N–H and O–H groups in total. The van der Waals surface area contributed by atoms with Gasteiger partial charge in [-0.15, -0.1) is 0 Å². The van der Waals surface area contributed by atoms with Crippen LogP contribution in [0.15, 0.2) is 76.8 Å². The first kappa shape index (κ1) is 16.1. The SMILES string of the molecule is Cc1ccc(Sc2ccc(C(=O)Nc3ccccc3N)cn2)cc1. The lowest BCUT2D eigenvalue weighted by Gasteiger charge is -2.08. The maximum absolute atomic E-state index is 12.3. The van der Waals surface area contributed by atoms with Crippen LogP contribution in [0, 0.1) is 6.92 Å². The Balaban J connectivity index is 1.68. The lowest BCUT2D eigenvalue weighted by molar-refractivity contribution is 0.102. The zero-order valence-electron chi connectivity index (χ0n) is 13.2. The summed E-state index contributed by atoms with van der Waals surface area (Å²) in [5, 5.41) is 3.63. The second kappa shape index (κ2) is 7.19. The van der Waals surface area contributed by atoms with Crippen LogP contribution >= 0.6 is 11.8 Å².